The Hall–Kier alpha value is -0.680. The first kappa shape index (κ1) is 17.7. The monoisotopic (exact) mass is 328 g/mol. The van der Waals surface area contributed by atoms with Gasteiger partial charge in [0.25, 0.3) is 0 Å². The molecule has 22 heavy (non-hydrogen) atoms. The summed E-state index contributed by atoms with van der Waals surface area (Å²) < 4.78 is 26.3. The number of nitriles is 1. The lowest BCUT2D eigenvalue weighted by molar-refractivity contribution is 0.0498. The average molecular weight is 328 g/mol. The van der Waals surface area contributed by atoms with E-state index in [1.807, 2.05) is 6.07 Å². The predicted molar refractivity (Wildman–Crippen MR) is 86.9 cm³/mol. The maximum Gasteiger partial charge on any atom is 0.214 e. The average Bonchev–Trinajstić information content (AvgIpc) is 2.48. The first-order valence-electron chi connectivity index (χ1n) is 8.23. The fourth-order valence-electron chi connectivity index (χ4n) is 3.52. The number of hydrogen-bond donors (Lipinski definition) is 0. The Balaban J connectivity index is 1.88. The molecule has 0 N–H and O–H groups in total. The highest BCUT2D eigenvalue weighted by atomic mass is 32.2. The summed E-state index contributed by atoms with van der Waals surface area (Å²) in [4.78, 5) is 4.85. The number of nitrogens with zero attached hydrogens (tertiary/aromatic N) is 4. The second kappa shape index (κ2) is 7.73. The summed E-state index contributed by atoms with van der Waals surface area (Å²) in [6.45, 7) is 6.39. The van der Waals surface area contributed by atoms with E-state index in [9.17, 15) is 8.42 Å². The first-order chi connectivity index (χ1) is 10.4. The van der Waals surface area contributed by atoms with Crippen LogP contribution < -0.4 is 0 Å². The Morgan fingerprint density at radius 2 is 1.86 bits per heavy atom. The van der Waals surface area contributed by atoms with Crippen LogP contribution in [0.2, 0.25) is 0 Å². The Bertz CT molecular complexity index is 494. The van der Waals surface area contributed by atoms with Crippen LogP contribution in [0.1, 0.15) is 32.6 Å². The number of rotatable bonds is 5. The summed E-state index contributed by atoms with van der Waals surface area (Å²) in [7, 11) is -1.05. The molecule has 0 bridgehead atoms. The zero-order valence-corrected chi connectivity index (χ0v) is 14.6. The van der Waals surface area contributed by atoms with Crippen molar-refractivity contribution in [3.63, 3.8) is 0 Å². The summed E-state index contributed by atoms with van der Waals surface area (Å²) in [6.07, 6.45) is 3.10. The Morgan fingerprint density at radius 1 is 1.18 bits per heavy atom. The third kappa shape index (κ3) is 4.42. The van der Waals surface area contributed by atoms with Crippen LogP contribution in [0.25, 0.3) is 0 Å². The maximum absolute atomic E-state index is 12.3. The number of piperazine rings is 1. The molecule has 2 saturated heterocycles. The van der Waals surface area contributed by atoms with E-state index < -0.39 is 10.0 Å². The molecule has 2 aliphatic heterocycles. The lowest BCUT2D eigenvalue weighted by atomic mass is 10.0. The number of unbranched alkanes of at least 4 members (excludes halogenated alkanes) is 1. The highest BCUT2D eigenvalue weighted by Crippen LogP contribution is 2.22. The van der Waals surface area contributed by atoms with Gasteiger partial charge < -0.3 is 4.90 Å². The second-order valence-electron chi connectivity index (χ2n) is 6.56. The zero-order chi connectivity index (χ0) is 16.2. The Morgan fingerprint density at radius 3 is 2.45 bits per heavy atom. The first-order valence-corrected chi connectivity index (χ1v) is 9.84. The molecule has 0 radical (unpaired) electrons. The van der Waals surface area contributed by atoms with Gasteiger partial charge in [-0.05, 0) is 46.3 Å². The van der Waals surface area contributed by atoms with Gasteiger partial charge >= 0.3 is 0 Å². The molecule has 1 unspecified atom stereocenters. The van der Waals surface area contributed by atoms with Crippen LogP contribution in [0.4, 0.5) is 0 Å². The largest absolute Gasteiger partial charge is 0.306 e. The van der Waals surface area contributed by atoms with Crippen molar-refractivity contribution >= 4 is 10.0 Å². The van der Waals surface area contributed by atoms with Crippen LogP contribution in [-0.2, 0) is 10.0 Å². The van der Waals surface area contributed by atoms with Crippen molar-refractivity contribution < 1.29 is 8.42 Å². The SMILES string of the molecule is CC1CN(S(=O)(=O)CCCC#N)CCN1C1CCN(C)CC1. The van der Waals surface area contributed by atoms with Gasteiger partial charge in [-0.1, -0.05) is 0 Å². The minimum Gasteiger partial charge on any atom is -0.306 e. The fraction of sp³-hybridized carbons (Fsp3) is 0.933. The Labute approximate surface area is 134 Å². The van der Waals surface area contributed by atoms with Crippen molar-refractivity contribution in [2.24, 2.45) is 0 Å². The normalized spacial score (nSPS) is 26.9. The van der Waals surface area contributed by atoms with Gasteiger partial charge in [0.2, 0.25) is 10.0 Å². The van der Waals surface area contributed by atoms with Gasteiger partial charge in [-0.25, -0.2) is 8.42 Å². The molecule has 0 amide bonds. The molecule has 0 saturated carbocycles. The van der Waals surface area contributed by atoms with Crippen molar-refractivity contribution in [3.8, 4) is 6.07 Å². The third-order valence-electron chi connectivity index (χ3n) is 4.88. The standard InChI is InChI=1S/C15H28N4O2S/c1-14-13-18(22(20,21)12-4-3-7-16)10-11-19(14)15-5-8-17(2)9-6-15/h14-15H,3-6,8-13H2,1-2H3. The maximum atomic E-state index is 12.3. The van der Waals surface area contributed by atoms with E-state index in [1.165, 1.54) is 12.8 Å². The van der Waals surface area contributed by atoms with Crippen molar-refractivity contribution in [3.05, 3.63) is 0 Å². The van der Waals surface area contributed by atoms with Gasteiger partial charge in [-0.3, -0.25) is 4.90 Å². The summed E-state index contributed by atoms with van der Waals surface area (Å²) in [5.74, 6) is 0.0987. The molecule has 7 heteroatoms. The van der Waals surface area contributed by atoms with E-state index in [4.69, 9.17) is 5.26 Å². The number of hydrogen-bond acceptors (Lipinski definition) is 5. The number of sulfonamides is 1. The lowest BCUT2D eigenvalue weighted by Crippen LogP contribution is -2.58. The lowest BCUT2D eigenvalue weighted by Gasteiger charge is -2.45. The summed E-state index contributed by atoms with van der Waals surface area (Å²) in [5.41, 5.74) is 0. The van der Waals surface area contributed by atoms with E-state index in [0.717, 1.165) is 19.6 Å². The van der Waals surface area contributed by atoms with E-state index in [2.05, 4.69) is 23.8 Å². The molecule has 6 nitrogen and oxygen atoms in total. The highest BCUT2D eigenvalue weighted by Gasteiger charge is 2.34. The zero-order valence-electron chi connectivity index (χ0n) is 13.7. The van der Waals surface area contributed by atoms with Crippen LogP contribution in [0.5, 0.6) is 0 Å². The summed E-state index contributed by atoms with van der Waals surface area (Å²) >= 11 is 0. The molecule has 1 atom stereocenters. The van der Waals surface area contributed by atoms with Crippen molar-refractivity contribution in [2.45, 2.75) is 44.7 Å². The molecule has 2 heterocycles. The molecule has 2 rings (SSSR count). The molecule has 126 valence electrons. The molecule has 0 aromatic rings. The van der Waals surface area contributed by atoms with Gasteiger partial charge in [0, 0.05) is 38.1 Å². The van der Waals surface area contributed by atoms with E-state index in [0.29, 0.717) is 32.0 Å². The topological polar surface area (TPSA) is 67.6 Å². The fourth-order valence-corrected chi connectivity index (χ4v) is 5.09. The van der Waals surface area contributed by atoms with E-state index in [1.54, 1.807) is 4.31 Å². The smallest absolute Gasteiger partial charge is 0.214 e. The van der Waals surface area contributed by atoms with Crippen LogP contribution >= 0.6 is 0 Å². The summed E-state index contributed by atoms with van der Waals surface area (Å²) in [6, 6.07) is 2.87. The molecule has 0 aliphatic carbocycles. The number of likely N-dealkylation sites (tertiary alicyclic amines) is 1. The van der Waals surface area contributed by atoms with Gasteiger partial charge in [-0.2, -0.15) is 9.57 Å². The van der Waals surface area contributed by atoms with E-state index in [-0.39, 0.29) is 11.8 Å². The van der Waals surface area contributed by atoms with Crippen LogP contribution in [0.3, 0.4) is 0 Å². The van der Waals surface area contributed by atoms with Crippen molar-refractivity contribution in [1.29, 1.82) is 5.26 Å². The van der Waals surface area contributed by atoms with Crippen LogP contribution in [0.15, 0.2) is 0 Å². The number of piperidine rings is 1. The predicted octanol–water partition coefficient (Wildman–Crippen LogP) is 0.720. The molecule has 0 aromatic heterocycles. The van der Waals surface area contributed by atoms with Gasteiger partial charge in [0.05, 0.1) is 11.8 Å². The van der Waals surface area contributed by atoms with Gasteiger partial charge in [-0.15, -0.1) is 0 Å². The van der Waals surface area contributed by atoms with Gasteiger partial charge in [0.1, 0.15) is 0 Å². The van der Waals surface area contributed by atoms with Crippen molar-refractivity contribution in [1.82, 2.24) is 14.1 Å². The molecular formula is C15H28N4O2S. The minimum atomic E-state index is -3.20. The quantitative estimate of drug-likeness (QED) is 0.696. The molecule has 2 aliphatic rings. The third-order valence-corrected chi connectivity index (χ3v) is 6.81. The molecule has 2 fully saturated rings. The highest BCUT2D eigenvalue weighted by molar-refractivity contribution is 7.89. The molecule has 0 aromatic carbocycles. The van der Waals surface area contributed by atoms with Crippen LogP contribution in [0, 0.1) is 11.3 Å². The second-order valence-corrected chi connectivity index (χ2v) is 8.65. The van der Waals surface area contributed by atoms with Crippen molar-refractivity contribution in [2.75, 3.05) is 45.5 Å². The summed E-state index contributed by atoms with van der Waals surface area (Å²) in [5, 5.41) is 8.54. The molecular weight excluding hydrogens is 300 g/mol. The minimum absolute atomic E-state index is 0.0987. The van der Waals surface area contributed by atoms with Crippen LogP contribution in [-0.4, -0.2) is 80.1 Å². The Kier molecular flexibility index (Phi) is 6.21. The molecule has 0 spiro atoms. The van der Waals surface area contributed by atoms with E-state index >= 15 is 0 Å². The van der Waals surface area contributed by atoms with Gasteiger partial charge in [0.15, 0.2) is 0 Å².